The Morgan fingerprint density at radius 2 is 2.11 bits per heavy atom. The number of hydrogen-bond donors (Lipinski definition) is 1. The van der Waals surface area contributed by atoms with E-state index in [1.165, 1.54) is 48.5 Å². The van der Waals surface area contributed by atoms with Crippen LogP contribution in [0.4, 0.5) is 0 Å². The van der Waals surface area contributed by atoms with Crippen molar-refractivity contribution in [3.8, 4) is 0 Å². The third-order valence-corrected chi connectivity index (χ3v) is 5.86. The number of rotatable bonds is 2. The predicted octanol–water partition coefficient (Wildman–Crippen LogP) is 3.34. The van der Waals surface area contributed by atoms with E-state index in [1.807, 2.05) is 11.3 Å². The monoisotopic (exact) mass is 264 g/mol. The molecule has 1 aromatic rings. The number of nitrogens with one attached hydrogen (secondary N) is 1. The van der Waals surface area contributed by atoms with Crippen LogP contribution in [-0.2, 0) is 0 Å². The Labute approximate surface area is 114 Å². The standard InChI is InChI=1S/C15H24N2S/c1-12-5-6-14(18-12)13(2)17-10-9-16-15(11-17)7-3-4-8-15/h5-6,13,16H,3-4,7-11H2,1-2H3. The maximum Gasteiger partial charge on any atom is 0.0414 e. The minimum atomic E-state index is 0.443. The van der Waals surface area contributed by atoms with Crippen molar-refractivity contribution in [2.24, 2.45) is 0 Å². The summed E-state index contributed by atoms with van der Waals surface area (Å²) in [5, 5.41) is 3.80. The number of nitrogens with zero attached hydrogens (tertiary/aromatic N) is 1. The summed E-state index contributed by atoms with van der Waals surface area (Å²) in [5.41, 5.74) is 0.443. The molecule has 2 fully saturated rings. The van der Waals surface area contributed by atoms with Crippen molar-refractivity contribution in [3.05, 3.63) is 21.9 Å². The van der Waals surface area contributed by atoms with E-state index >= 15 is 0 Å². The molecule has 3 rings (SSSR count). The van der Waals surface area contributed by atoms with Gasteiger partial charge in [0.05, 0.1) is 0 Å². The third-order valence-electron chi connectivity index (χ3n) is 4.69. The fourth-order valence-corrected chi connectivity index (χ4v) is 4.53. The summed E-state index contributed by atoms with van der Waals surface area (Å²) in [6.45, 7) is 8.18. The smallest absolute Gasteiger partial charge is 0.0414 e. The van der Waals surface area contributed by atoms with Crippen LogP contribution in [0.5, 0.6) is 0 Å². The van der Waals surface area contributed by atoms with Crippen LogP contribution in [0, 0.1) is 6.92 Å². The molecule has 1 saturated heterocycles. The van der Waals surface area contributed by atoms with Crippen molar-refractivity contribution in [1.29, 1.82) is 0 Å². The first kappa shape index (κ1) is 12.6. The zero-order valence-corrected chi connectivity index (χ0v) is 12.4. The Balaban J connectivity index is 1.72. The minimum Gasteiger partial charge on any atom is -0.309 e. The van der Waals surface area contributed by atoms with Gasteiger partial charge in [0.2, 0.25) is 0 Å². The van der Waals surface area contributed by atoms with Crippen LogP contribution in [0.25, 0.3) is 0 Å². The Morgan fingerprint density at radius 1 is 1.33 bits per heavy atom. The Kier molecular flexibility index (Phi) is 3.48. The molecular formula is C15H24N2S. The summed E-state index contributed by atoms with van der Waals surface area (Å²) < 4.78 is 0. The molecule has 0 amide bonds. The van der Waals surface area contributed by atoms with Gasteiger partial charge in [0, 0.05) is 41.0 Å². The van der Waals surface area contributed by atoms with Crippen LogP contribution in [0.3, 0.4) is 0 Å². The average Bonchev–Trinajstić information content (AvgIpc) is 2.98. The minimum absolute atomic E-state index is 0.443. The van der Waals surface area contributed by atoms with E-state index in [4.69, 9.17) is 0 Å². The molecule has 18 heavy (non-hydrogen) atoms. The maximum atomic E-state index is 3.80. The highest BCUT2D eigenvalue weighted by Crippen LogP contribution is 2.35. The van der Waals surface area contributed by atoms with E-state index < -0.39 is 0 Å². The van der Waals surface area contributed by atoms with E-state index in [0.29, 0.717) is 11.6 Å². The lowest BCUT2D eigenvalue weighted by molar-refractivity contribution is 0.102. The first-order valence-electron chi connectivity index (χ1n) is 7.24. The molecular weight excluding hydrogens is 240 g/mol. The van der Waals surface area contributed by atoms with Gasteiger partial charge in [0.25, 0.3) is 0 Å². The zero-order chi connectivity index (χ0) is 12.6. The number of thiophene rings is 1. The van der Waals surface area contributed by atoms with Gasteiger partial charge in [0.1, 0.15) is 0 Å². The van der Waals surface area contributed by atoms with Crippen LogP contribution in [0.2, 0.25) is 0 Å². The summed E-state index contributed by atoms with van der Waals surface area (Å²) in [4.78, 5) is 5.65. The lowest BCUT2D eigenvalue weighted by Crippen LogP contribution is -2.59. The molecule has 1 aromatic heterocycles. The number of aryl methyl sites for hydroxylation is 1. The van der Waals surface area contributed by atoms with Gasteiger partial charge in [-0.15, -0.1) is 11.3 Å². The van der Waals surface area contributed by atoms with E-state index in [-0.39, 0.29) is 0 Å². The fraction of sp³-hybridized carbons (Fsp3) is 0.733. The van der Waals surface area contributed by atoms with E-state index in [2.05, 4.69) is 36.2 Å². The molecule has 2 aliphatic rings. The van der Waals surface area contributed by atoms with Gasteiger partial charge >= 0.3 is 0 Å². The Morgan fingerprint density at radius 3 is 2.78 bits per heavy atom. The zero-order valence-electron chi connectivity index (χ0n) is 11.5. The van der Waals surface area contributed by atoms with Crippen molar-refractivity contribution in [2.45, 2.75) is 51.1 Å². The molecule has 2 heterocycles. The maximum absolute atomic E-state index is 3.80. The largest absolute Gasteiger partial charge is 0.309 e. The van der Waals surface area contributed by atoms with Crippen LogP contribution in [0.1, 0.15) is 48.4 Å². The molecule has 1 saturated carbocycles. The molecule has 1 N–H and O–H groups in total. The first-order chi connectivity index (χ1) is 8.69. The van der Waals surface area contributed by atoms with E-state index in [9.17, 15) is 0 Å². The molecule has 1 spiro atoms. The molecule has 1 aliphatic carbocycles. The summed E-state index contributed by atoms with van der Waals surface area (Å²) >= 11 is 1.96. The molecule has 0 radical (unpaired) electrons. The second kappa shape index (κ2) is 4.95. The van der Waals surface area contributed by atoms with Gasteiger partial charge in [0.15, 0.2) is 0 Å². The number of hydrogen-bond acceptors (Lipinski definition) is 3. The lowest BCUT2D eigenvalue weighted by Gasteiger charge is -2.44. The molecule has 1 aliphatic heterocycles. The molecule has 0 bridgehead atoms. The van der Waals surface area contributed by atoms with Crippen LogP contribution < -0.4 is 5.32 Å². The van der Waals surface area contributed by atoms with Gasteiger partial charge in [-0.25, -0.2) is 0 Å². The molecule has 3 heteroatoms. The van der Waals surface area contributed by atoms with Crippen LogP contribution in [0.15, 0.2) is 12.1 Å². The van der Waals surface area contributed by atoms with E-state index in [0.717, 1.165) is 6.54 Å². The van der Waals surface area contributed by atoms with Crippen molar-refractivity contribution in [3.63, 3.8) is 0 Å². The summed E-state index contributed by atoms with van der Waals surface area (Å²) in [5.74, 6) is 0. The normalized spacial score (nSPS) is 25.7. The van der Waals surface area contributed by atoms with E-state index in [1.54, 1.807) is 0 Å². The summed E-state index contributed by atoms with van der Waals surface area (Å²) in [6, 6.07) is 5.15. The topological polar surface area (TPSA) is 15.3 Å². The quantitative estimate of drug-likeness (QED) is 0.881. The van der Waals surface area contributed by atoms with Gasteiger partial charge < -0.3 is 5.32 Å². The fourth-order valence-electron chi connectivity index (χ4n) is 3.56. The predicted molar refractivity (Wildman–Crippen MR) is 78.2 cm³/mol. The van der Waals surface area contributed by atoms with Crippen molar-refractivity contribution < 1.29 is 0 Å². The highest BCUT2D eigenvalue weighted by molar-refractivity contribution is 7.12. The van der Waals surface area contributed by atoms with Gasteiger partial charge in [-0.1, -0.05) is 12.8 Å². The van der Waals surface area contributed by atoms with Crippen molar-refractivity contribution >= 4 is 11.3 Å². The summed E-state index contributed by atoms with van der Waals surface area (Å²) in [6.07, 6.45) is 5.57. The second-order valence-corrected chi connectivity index (χ2v) is 7.33. The van der Waals surface area contributed by atoms with Gasteiger partial charge in [-0.2, -0.15) is 0 Å². The molecule has 1 unspecified atom stereocenters. The van der Waals surface area contributed by atoms with Gasteiger partial charge in [-0.05, 0) is 38.8 Å². The average molecular weight is 264 g/mol. The number of piperazine rings is 1. The molecule has 0 aromatic carbocycles. The lowest BCUT2D eigenvalue weighted by atomic mass is 9.93. The SMILES string of the molecule is Cc1ccc(C(C)N2CCNC3(CCCC3)C2)s1. The van der Waals surface area contributed by atoms with Crippen LogP contribution in [-0.4, -0.2) is 30.1 Å². The first-order valence-corrected chi connectivity index (χ1v) is 8.06. The summed E-state index contributed by atoms with van der Waals surface area (Å²) in [7, 11) is 0. The Hall–Kier alpha value is -0.380. The molecule has 2 nitrogen and oxygen atoms in total. The van der Waals surface area contributed by atoms with Gasteiger partial charge in [-0.3, -0.25) is 4.90 Å². The van der Waals surface area contributed by atoms with Crippen LogP contribution >= 0.6 is 11.3 Å². The molecule has 1 atom stereocenters. The third kappa shape index (κ3) is 2.36. The highest BCUT2D eigenvalue weighted by atomic mass is 32.1. The highest BCUT2D eigenvalue weighted by Gasteiger charge is 2.38. The Bertz CT molecular complexity index is 406. The van der Waals surface area contributed by atoms with Crippen molar-refractivity contribution in [2.75, 3.05) is 19.6 Å². The second-order valence-electron chi connectivity index (χ2n) is 6.01. The molecule has 100 valence electrons. The van der Waals surface area contributed by atoms with Crippen molar-refractivity contribution in [1.82, 2.24) is 10.2 Å².